The molecule has 0 aromatic heterocycles. The standard InChI is InChI=1S/C22H22O4/c1-25-19(23)21(20(24)26-2)9-14-15(11-6-4-3-5-7-11)17-13-8-12-16(17)18(12)22(13,14)10-21/h3-7,12-13,16-18H,8-10H2,1-2H3. The molecule has 6 unspecified atom stereocenters. The van der Waals surface area contributed by atoms with E-state index in [-0.39, 0.29) is 5.41 Å². The van der Waals surface area contributed by atoms with Crippen molar-refractivity contribution in [2.24, 2.45) is 40.4 Å². The zero-order valence-corrected chi connectivity index (χ0v) is 15.0. The molecule has 6 bridgehead atoms. The van der Waals surface area contributed by atoms with Crippen LogP contribution in [-0.4, -0.2) is 26.2 Å². The number of ether oxygens (including phenoxy) is 2. The quantitative estimate of drug-likeness (QED) is 0.621. The highest BCUT2D eigenvalue weighted by Crippen LogP contribution is 2.91. The number of allylic oxidation sites excluding steroid dienone is 2. The first-order valence-electron chi connectivity index (χ1n) is 9.56. The summed E-state index contributed by atoms with van der Waals surface area (Å²) in [4.78, 5) is 25.6. The lowest BCUT2D eigenvalue weighted by Crippen LogP contribution is -2.40. The van der Waals surface area contributed by atoms with Crippen LogP contribution in [0.5, 0.6) is 0 Å². The summed E-state index contributed by atoms with van der Waals surface area (Å²) >= 11 is 0. The summed E-state index contributed by atoms with van der Waals surface area (Å²) in [5.74, 6) is 2.63. The van der Waals surface area contributed by atoms with E-state index in [0.29, 0.717) is 30.6 Å². The number of hydrogen-bond acceptors (Lipinski definition) is 4. The molecule has 0 N–H and O–H groups in total. The van der Waals surface area contributed by atoms with E-state index in [4.69, 9.17) is 9.47 Å². The summed E-state index contributed by atoms with van der Waals surface area (Å²) in [6, 6.07) is 10.6. The van der Waals surface area contributed by atoms with Gasteiger partial charge in [-0.2, -0.15) is 0 Å². The van der Waals surface area contributed by atoms with Crippen molar-refractivity contribution in [2.75, 3.05) is 14.2 Å². The van der Waals surface area contributed by atoms with E-state index in [9.17, 15) is 9.59 Å². The van der Waals surface area contributed by atoms with Gasteiger partial charge < -0.3 is 9.47 Å². The Balaban J connectivity index is 1.57. The molecule has 6 aliphatic carbocycles. The van der Waals surface area contributed by atoms with Crippen molar-refractivity contribution in [3.63, 3.8) is 0 Å². The minimum absolute atomic E-state index is 0.0353. The Hall–Kier alpha value is -2.10. The zero-order chi connectivity index (χ0) is 17.8. The average molecular weight is 350 g/mol. The van der Waals surface area contributed by atoms with Gasteiger partial charge in [-0.15, -0.1) is 0 Å². The lowest BCUT2D eigenvalue weighted by atomic mass is 9.73. The second-order valence-electron chi connectivity index (χ2n) is 8.85. The van der Waals surface area contributed by atoms with Crippen LogP contribution in [0.1, 0.15) is 24.8 Å². The lowest BCUT2D eigenvalue weighted by molar-refractivity contribution is -0.169. The summed E-state index contributed by atoms with van der Waals surface area (Å²) < 4.78 is 10.2. The van der Waals surface area contributed by atoms with Crippen molar-refractivity contribution in [1.82, 2.24) is 0 Å². The van der Waals surface area contributed by atoms with Crippen LogP contribution in [0.25, 0.3) is 5.57 Å². The van der Waals surface area contributed by atoms with E-state index in [1.807, 2.05) is 6.07 Å². The lowest BCUT2D eigenvalue weighted by Gasteiger charge is -2.30. The molecule has 0 amide bonds. The van der Waals surface area contributed by atoms with E-state index in [1.165, 1.54) is 37.4 Å². The first kappa shape index (κ1) is 15.0. The van der Waals surface area contributed by atoms with Gasteiger partial charge in [0.2, 0.25) is 0 Å². The highest BCUT2D eigenvalue weighted by Gasteiger charge is 2.87. The van der Waals surface area contributed by atoms with E-state index in [2.05, 4.69) is 24.3 Å². The van der Waals surface area contributed by atoms with Crippen molar-refractivity contribution < 1.29 is 19.1 Å². The molecular formula is C22H22O4. The van der Waals surface area contributed by atoms with Crippen LogP contribution in [-0.2, 0) is 19.1 Å². The topological polar surface area (TPSA) is 52.6 Å². The van der Waals surface area contributed by atoms with Gasteiger partial charge in [-0.25, -0.2) is 0 Å². The van der Waals surface area contributed by atoms with Crippen molar-refractivity contribution in [2.45, 2.75) is 19.3 Å². The third-order valence-electron chi connectivity index (χ3n) is 8.39. The number of methoxy groups -OCH3 is 2. The fourth-order valence-electron chi connectivity index (χ4n) is 7.90. The van der Waals surface area contributed by atoms with Gasteiger partial charge in [-0.1, -0.05) is 35.9 Å². The minimum Gasteiger partial charge on any atom is -0.468 e. The molecule has 4 heteroatoms. The van der Waals surface area contributed by atoms with Gasteiger partial charge in [0.05, 0.1) is 14.2 Å². The van der Waals surface area contributed by atoms with Gasteiger partial charge in [0.15, 0.2) is 5.41 Å². The fourth-order valence-corrected chi connectivity index (χ4v) is 7.90. The Bertz CT molecular complexity index is 869. The zero-order valence-electron chi connectivity index (χ0n) is 15.0. The first-order valence-corrected chi connectivity index (χ1v) is 9.56. The molecular weight excluding hydrogens is 328 g/mol. The summed E-state index contributed by atoms with van der Waals surface area (Å²) in [5, 5.41) is 0. The fraction of sp³-hybridized carbons (Fsp3) is 0.545. The molecule has 5 saturated carbocycles. The van der Waals surface area contributed by atoms with Crippen LogP contribution in [0.2, 0.25) is 0 Å². The largest absolute Gasteiger partial charge is 0.468 e. The molecule has 1 aromatic rings. The molecule has 0 radical (unpaired) electrons. The monoisotopic (exact) mass is 350 g/mol. The van der Waals surface area contributed by atoms with E-state index in [1.54, 1.807) is 0 Å². The van der Waals surface area contributed by atoms with Gasteiger partial charge in [0.25, 0.3) is 0 Å². The Kier molecular flexibility index (Phi) is 2.55. The van der Waals surface area contributed by atoms with Crippen LogP contribution in [0.4, 0.5) is 0 Å². The first-order chi connectivity index (χ1) is 12.6. The summed E-state index contributed by atoms with van der Waals surface area (Å²) in [6.45, 7) is 0. The molecule has 1 spiro atoms. The maximum absolute atomic E-state index is 12.8. The van der Waals surface area contributed by atoms with Crippen LogP contribution in [0.15, 0.2) is 35.9 Å². The normalized spacial score (nSPS) is 42.0. The van der Waals surface area contributed by atoms with Crippen LogP contribution < -0.4 is 0 Å². The van der Waals surface area contributed by atoms with E-state index < -0.39 is 17.4 Å². The predicted octanol–water partition coefficient (Wildman–Crippen LogP) is 3.08. The third-order valence-corrected chi connectivity index (χ3v) is 8.39. The van der Waals surface area contributed by atoms with Crippen LogP contribution in [0, 0.1) is 40.4 Å². The van der Waals surface area contributed by atoms with Crippen molar-refractivity contribution in [1.29, 1.82) is 0 Å². The molecule has 0 aliphatic heterocycles. The molecule has 6 aliphatic rings. The molecule has 1 aromatic carbocycles. The average Bonchev–Trinajstić information content (AvgIpc) is 3.03. The van der Waals surface area contributed by atoms with Gasteiger partial charge in [-0.3, -0.25) is 9.59 Å². The van der Waals surface area contributed by atoms with Crippen molar-refractivity contribution in [3.8, 4) is 0 Å². The highest BCUT2D eigenvalue weighted by molar-refractivity contribution is 6.02. The van der Waals surface area contributed by atoms with E-state index in [0.717, 1.165) is 11.8 Å². The number of benzene rings is 1. The number of esters is 2. The third kappa shape index (κ3) is 1.33. The van der Waals surface area contributed by atoms with Crippen molar-refractivity contribution >= 4 is 17.5 Å². The van der Waals surface area contributed by atoms with Gasteiger partial charge >= 0.3 is 11.9 Å². The molecule has 4 nitrogen and oxygen atoms in total. The highest BCUT2D eigenvalue weighted by atomic mass is 16.5. The SMILES string of the molecule is COC(=O)C1(C(=O)OC)CC2=C(c3ccccc3)C3C4C5CC3C2(C1)C54. The van der Waals surface area contributed by atoms with Gasteiger partial charge in [0, 0.05) is 5.41 Å². The Morgan fingerprint density at radius 1 is 1.08 bits per heavy atom. The second kappa shape index (κ2) is 4.41. The summed E-state index contributed by atoms with van der Waals surface area (Å²) in [5.41, 5.74) is 2.96. The van der Waals surface area contributed by atoms with Crippen LogP contribution in [0.3, 0.4) is 0 Å². The van der Waals surface area contributed by atoms with Gasteiger partial charge in [0.1, 0.15) is 0 Å². The second-order valence-corrected chi connectivity index (χ2v) is 8.85. The summed E-state index contributed by atoms with van der Waals surface area (Å²) in [6.07, 6.45) is 2.32. The molecule has 0 heterocycles. The predicted molar refractivity (Wildman–Crippen MR) is 93.6 cm³/mol. The molecule has 6 atom stereocenters. The maximum Gasteiger partial charge on any atom is 0.323 e. The molecule has 0 saturated heterocycles. The van der Waals surface area contributed by atoms with Gasteiger partial charge in [-0.05, 0) is 60.0 Å². The molecule has 26 heavy (non-hydrogen) atoms. The number of carbonyl (C=O) groups is 2. The Morgan fingerprint density at radius 2 is 1.77 bits per heavy atom. The van der Waals surface area contributed by atoms with Crippen molar-refractivity contribution in [3.05, 3.63) is 41.5 Å². The number of rotatable bonds is 3. The maximum atomic E-state index is 12.8. The summed E-state index contributed by atoms with van der Waals surface area (Å²) in [7, 11) is 2.76. The number of carbonyl (C=O) groups excluding carboxylic acids is 2. The number of hydrogen-bond donors (Lipinski definition) is 0. The van der Waals surface area contributed by atoms with E-state index >= 15 is 0 Å². The molecule has 134 valence electrons. The Labute approximate surface area is 152 Å². The molecule has 5 fully saturated rings. The van der Waals surface area contributed by atoms with Crippen LogP contribution >= 0.6 is 0 Å². The molecule has 7 rings (SSSR count). The minimum atomic E-state index is -1.16. The Morgan fingerprint density at radius 3 is 2.38 bits per heavy atom. The smallest absolute Gasteiger partial charge is 0.323 e.